The minimum atomic E-state index is -4.56. The predicted octanol–water partition coefficient (Wildman–Crippen LogP) is 4.44. The molecule has 218 valence electrons. The van der Waals surface area contributed by atoms with E-state index < -0.39 is 45.5 Å². The number of nitrogens with one attached hydrogen (secondary N) is 1. The van der Waals surface area contributed by atoms with Gasteiger partial charge in [0, 0.05) is 24.8 Å². The molecule has 1 amide bonds. The van der Waals surface area contributed by atoms with E-state index >= 15 is 0 Å². The number of rotatable bonds is 11. The Balaban J connectivity index is 2.01. The van der Waals surface area contributed by atoms with E-state index in [-0.39, 0.29) is 35.1 Å². The number of hydrogen-bond acceptors (Lipinski definition) is 6. The quantitative estimate of drug-likeness (QED) is 0.347. The lowest BCUT2D eigenvalue weighted by Crippen LogP contribution is -2.31. The van der Waals surface area contributed by atoms with Gasteiger partial charge in [-0.05, 0) is 36.2 Å². The lowest BCUT2D eigenvalue weighted by atomic mass is 9.93. The van der Waals surface area contributed by atoms with Crippen molar-refractivity contribution in [3.05, 3.63) is 82.4 Å². The van der Waals surface area contributed by atoms with Gasteiger partial charge in [0.05, 0.1) is 35.5 Å². The second-order valence-corrected chi connectivity index (χ2v) is 12.4. The van der Waals surface area contributed by atoms with E-state index in [0.29, 0.717) is 17.1 Å². The van der Waals surface area contributed by atoms with Crippen molar-refractivity contribution in [1.29, 1.82) is 0 Å². The molecule has 0 aliphatic rings. The van der Waals surface area contributed by atoms with E-state index in [0.717, 1.165) is 6.07 Å². The van der Waals surface area contributed by atoms with Crippen LogP contribution in [0.3, 0.4) is 0 Å². The van der Waals surface area contributed by atoms with Gasteiger partial charge < -0.3 is 19.7 Å². The molecule has 12 heteroatoms. The number of ether oxygens (including phenoxy) is 1. The normalized spacial score (nSPS) is 13.3. The molecule has 0 spiro atoms. The lowest BCUT2D eigenvalue weighted by Gasteiger charge is -2.25. The van der Waals surface area contributed by atoms with Crippen LogP contribution >= 0.6 is 0 Å². The van der Waals surface area contributed by atoms with Gasteiger partial charge in [0.2, 0.25) is 0 Å². The molecule has 0 saturated heterocycles. The summed E-state index contributed by atoms with van der Waals surface area (Å²) in [5, 5.41) is 12.7. The van der Waals surface area contributed by atoms with Gasteiger partial charge in [0.15, 0.2) is 9.84 Å². The van der Waals surface area contributed by atoms with E-state index in [1.807, 2.05) is 13.8 Å². The number of carbonyl (C=O) groups excluding carboxylic acids is 1. The summed E-state index contributed by atoms with van der Waals surface area (Å²) >= 11 is 0. The molecule has 3 aromatic rings. The summed E-state index contributed by atoms with van der Waals surface area (Å²) in [6, 6.07) is 10.2. The van der Waals surface area contributed by atoms with E-state index in [1.54, 1.807) is 11.5 Å². The number of nitrogens with zero attached hydrogens (tertiary/aromatic N) is 2. The Morgan fingerprint density at radius 3 is 2.30 bits per heavy atom. The Bertz CT molecular complexity index is 1450. The number of aliphatic hydroxyl groups excluding tert-OH is 1. The minimum Gasteiger partial charge on any atom is -0.394 e. The van der Waals surface area contributed by atoms with Gasteiger partial charge in [-0.3, -0.25) is 4.79 Å². The number of amides is 1. The Kier molecular flexibility index (Phi) is 9.48. The van der Waals surface area contributed by atoms with E-state index in [9.17, 15) is 31.5 Å². The molecule has 2 N–H and O–H groups in total. The van der Waals surface area contributed by atoms with Crippen molar-refractivity contribution in [3.63, 3.8) is 0 Å². The van der Waals surface area contributed by atoms with Crippen molar-refractivity contribution in [3.8, 4) is 0 Å². The van der Waals surface area contributed by atoms with E-state index in [1.165, 1.54) is 56.5 Å². The van der Waals surface area contributed by atoms with Crippen LogP contribution in [0.4, 0.5) is 13.2 Å². The number of imidazole rings is 1. The number of carbonyl (C=O) groups is 1. The fourth-order valence-electron chi connectivity index (χ4n) is 4.52. The number of methoxy groups -OCH3 is 1. The average molecular weight is 582 g/mol. The van der Waals surface area contributed by atoms with Gasteiger partial charge in [0.1, 0.15) is 11.5 Å². The molecule has 1 atom stereocenters. The molecule has 1 heterocycles. The molecule has 0 saturated carbocycles. The molecule has 2 aromatic carbocycles. The van der Waals surface area contributed by atoms with Gasteiger partial charge in [-0.15, -0.1) is 0 Å². The number of halogens is 3. The fourth-order valence-corrected chi connectivity index (χ4v) is 5.41. The van der Waals surface area contributed by atoms with Gasteiger partial charge in [0.25, 0.3) is 5.91 Å². The van der Waals surface area contributed by atoms with Crippen LogP contribution in [0.5, 0.6) is 0 Å². The van der Waals surface area contributed by atoms with Crippen LogP contribution < -0.4 is 5.32 Å². The third kappa shape index (κ3) is 6.73. The van der Waals surface area contributed by atoms with Crippen molar-refractivity contribution < 1.29 is 36.2 Å². The van der Waals surface area contributed by atoms with Gasteiger partial charge >= 0.3 is 6.18 Å². The summed E-state index contributed by atoms with van der Waals surface area (Å²) in [4.78, 5) is 18.1. The maximum absolute atomic E-state index is 13.7. The van der Waals surface area contributed by atoms with Crippen LogP contribution in [0.15, 0.2) is 53.4 Å². The molecule has 40 heavy (non-hydrogen) atoms. The van der Waals surface area contributed by atoms with Crippen LogP contribution in [0.1, 0.15) is 65.5 Å². The highest BCUT2D eigenvalue weighted by molar-refractivity contribution is 7.91. The summed E-state index contributed by atoms with van der Waals surface area (Å²) in [7, 11) is -1.92. The zero-order chi connectivity index (χ0) is 29.9. The average Bonchev–Trinajstić information content (AvgIpc) is 3.23. The number of aromatic nitrogens is 2. The van der Waals surface area contributed by atoms with Crippen LogP contribution in [0, 0.1) is 6.92 Å². The highest BCUT2D eigenvalue weighted by Crippen LogP contribution is 2.34. The highest BCUT2D eigenvalue weighted by Gasteiger charge is 2.35. The maximum atomic E-state index is 13.7. The van der Waals surface area contributed by atoms with Gasteiger partial charge in [-0.2, -0.15) is 13.2 Å². The van der Waals surface area contributed by atoms with Crippen LogP contribution in [-0.4, -0.2) is 55.1 Å². The number of benzene rings is 2. The second kappa shape index (κ2) is 12.1. The Morgan fingerprint density at radius 2 is 1.75 bits per heavy atom. The summed E-state index contributed by atoms with van der Waals surface area (Å²) in [5.41, 5.74) is -0.711. The molecule has 0 radical (unpaired) electrons. The first kappa shape index (κ1) is 31.3. The molecule has 1 unspecified atom stereocenters. The first-order valence-electron chi connectivity index (χ1n) is 12.6. The third-order valence-electron chi connectivity index (χ3n) is 6.71. The lowest BCUT2D eigenvalue weighted by molar-refractivity contribution is -0.138. The second-order valence-electron chi connectivity index (χ2n) is 10.1. The molecular weight excluding hydrogens is 547 g/mol. The SMILES string of the molecule is CCS(=O)(=O)c1ccc(C(CO)NC(=O)c2nc(C(C)(C)COC)n(Cc3ccccc3C(F)(F)F)c2C)cc1. The summed E-state index contributed by atoms with van der Waals surface area (Å²) in [6.07, 6.45) is -4.56. The van der Waals surface area contributed by atoms with E-state index in [4.69, 9.17) is 4.74 Å². The molecule has 0 aliphatic heterocycles. The highest BCUT2D eigenvalue weighted by atomic mass is 32.2. The standard InChI is InChI=1S/C28H34F3N3O5S/c1-6-40(37,38)21-13-11-19(12-14-21)23(16-35)32-25(36)24-18(2)34(26(33-24)27(3,4)17-39-5)15-20-9-7-8-10-22(20)28(29,30)31/h7-14,23,35H,6,15-17H2,1-5H3,(H,32,36). The molecular formula is C28H34F3N3O5S. The Morgan fingerprint density at radius 1 is 1.12 bits per heavy atom. The zero-order valence-electron chi connectivity index (χ0n) is 23.0. The zero-order valence-corrected chi connectivity index (χ0v) is 23.9. The minimum absolute atomic E-state index is 0.00713. The van der Waals surface area contributed by atoms with Crippen LogP contribution in [0.25, 0.3) is 0 Å². The van der Waals surface area contributed by atoms with Crippen molar-refractivity contribution in [1.82, 2.24) is 14.9 Å². The third-order valence-corrected chi connectivity index (χ3v) is 8.46. The van der Waals surface area contributed by atoms with Crippen LogP contribution in [-0.2, 0) is 32.7 Å². The molecule has 0 bridgehead atoms. The molecule has 8 nitrogen and oxygen atoms in total. The van der Waals surface area contributed by atoms with Crippen molar-refractivity contribution in [2.75, 3.05) is 26.1 Å². The maximum Gasteiger partial charge on any atom is 0.416 e. The number of hydrogen-bond donors (Lipinski definition) is 2. The molecule has 1 aromatic heterocycles. The summed E-state index contributed by atoms with van der Waals surface area (Å²) in [5.74, 6) is -0.341. The first-order chi connectivity index (χ1) is 18.7. The number of sulfone groups is 1. The first-order valence-corrected chi connectivity index (χ1v) is 14.3. The van der Waals surface area contributed by atoms with E-state index in [2.05, 4.69) is 10.3 Å². The monoisotopic (exact) mass is 581 g/mol. The molecule has 3 rings (SSSR count). The van der Waals surface area contributed by atoms with Crippen molar-refractivity contribution >= 4 is 15.7 Å². The smallest absolute Gasteiger partial charge is 0.394 e. The Hall–Kier alpha value is -3.22. The predicted molar refractivity (Wildman–Crippen MR) is 144 cm³/mol. The Labute approximate surface area is 232 Å². The molecule has 0 aliphatic carbocycles. The van der Waals surface area contributed by atoms with Crippen molar-refractivity contribution in [2.24, 2.45) is 0 Å². The van der Waals surface area contributed by atoms with Gasteiger partial charge in [-0.25, -0.2) is 13.4 Å². The summed E-state index contributed by atoms with van der Waals surface area (Å²) in [6.45, 7) is 6.29. The van der Waals surface area contributed by atoms with Crippen LogP contribution in [0.2, 0.25) is 0 Å². The van der Waals surface area contributed by atoms with Gasteiger partial charge in [-0.1, -0.05) is 51.1 Å². The number of alkyl halides is 3. The fraction of sp³-hybridized carbons (Fsp3) is 0.429. The van der Waals surface area contributed by atoms with Crippen molar-refractivity contribution in [2.45, 2.75) is 56.8 Å². The largest absolute Gasteiger partial charge is 0.416 e. The summed E-state index contributed by atoms with van der Waals surface area (Å²) < 4.78 is 72.3. The topological polar surface area (TPSA) is 111 Å². The molecule has 0 fully saturated rings. The number of aliphatic hydroxyl groups is 1.